The predicted molar refractivity (Wildman–Crippen MR) is 83.1 cm³/mol. The van der Waals surface area contributed by atoms with Crippen LogP contribution in [0.2, 0.25) is 0 Å². The van der Waals surface area contributed by atoms with Gasteiger partial charge in [-0.15, -0.1) is 0 Å². The smallest absolute Gasteiger partial charge is 0.306 e. The van der Waals surface area contributed by atoms with Gasteiger partial charge in [0.25, 0.3) is 0 Å². The summed E-state index contributed by atoms with van der Waals surface area (Å²) < 4.78 is 1.02. The molecule has 1 aromatic heterocycles. The van der Waals surface area contributed by atoms with Crippen LogP contribution >= 0.6 is 15.9 Å². The Labute approximate surface area is 131 Å². The molecule has 0 saturated carbocycles. The molecule has 1 aliphatic rings. The van der Waals surface area contributed by atoms with E-state index in [0.717, 1.165) is 27.0 Å². The Morgan fingerprint density at radius 2 is 2.00 bits per heavy atom. The minimum Gasteiger partial charge on any atom is -0.481 e. The topological polar surface area (TPSA) is 63.1 Å². The zero-order valence-electron chi connectivity index (χ0n) is 11.6. The minimum atomic E-state index is -0.725. The Morgan fingerprint density at radius 1 is 1.29 bits per heavy atom. The van der Waals surface area contributed by atoms with Crippen molar-refractivity contribution in [2.75, 3.05) is 0 Å². The highest BCUT2D eigenvalue weighted by Gasteiger charge is 2.27. The molecule has 0 bridgehead atoms. The standard InChI is InChI=1S/C16H15BrN2O2/c1-9-13-8-11(16(20)21)4-7-14(13)19-15(18-9)10-2-5-12(17)6-3-10/h2-3,5-6,11H,4,7-8H2,1H3,(H,20,21). The number of halogens is 1. The molecule has 0 amide bonds. The monoisotopic (exact) mass is 346 g/mol. The van der Waals surface area contributed by atoms with Gasteiger partial charge in [-0.05, 0) is 43.9 Å². The molecule has 0 aliphatic heterocycles. The van der Waals surface area contributed by atoms with Crippen molar-refractivity contribution in [2.45, 2.75) is 26.2 Å². The van der Waals surface area contributed by atoms with Crippen molar-refractivity contribution < 1.29 is 9.90 Å². The maximum Gasteiger partial charge on any atom is 0.306 e. The highest BCUT2D eigenvalue weighted by Crippen LogP contribution is 2.28. The number of carboxylic acid groups (broad SMARTS) is 1. The number of benzene rings is 1. The molecule has 1 atom stereocenters. The number of aryl methyl sites for hydroxylation is 2. The van der Waals surface area contributed by atoms with Crippen molar-refractivity contribution >= 4 is 21.9 Å². The van der Waals surface area contributed by atoms with Gasteiger partial charge in [-0.1, -0.05) is 28.1 Å². The van der Waals surface area contributed by atoms with Gasteiger partial charge < -0.3 is 5.11 Å². The highest BCUT2D eigenvalue weighted by atomic mass is 79.9. The molecule has 0 radical (unpaired) electrons. The summed E-state index contributed by atoms with van der Waals surface area (Å²) in [5.41, 5.74) is 3.88. The molecule has 108 valence electrons. The van der Waals surface area contributed by atoms with Crippen LogP contribution in [0, 0.1) is 12.8 Å². The fraction of sp³-hybridized carbons (Fsp3) is 0.312. The highest BCUT2D eigenvalue weighted by molar-refractivity contribution is 9.10. The summed E-state index contributed by atoms with van der Waals surface area (Å²) in [6, 6.07) is 7.89. The zero-order valence-corrected chi connectivity index (χ0v) is 13.2. The number of carbonyl (C=O) groups is 1. The number of hydrogen-bond donors (Lipinski definition) is 1. The maximum atomic E-state index is 11.2. The molecule has 1 N–H and O–H groups in total. The van der Waals surface area contributed by atoms with Crippen molar-refractivity contribution in [1.29, 1.82) is 0 Å². The second-order valence-electron chi connectivity index (χ2n) is 5.34. The zero-order chi connectivity index (χ0) is 15.0. The fourth-order valence-electron chi connectivity index (χ4n) is 2.73. The van der Waals surface area contributed by atoms with Crippen LogP contribution in [0.3, 0.4) is 0 Å². The van der Waals surface area contributed by atoms with E-state index in [-0.39, 0.29) is 5.92 Å². The quantitative estimate of drug-likeness (QED) is 0.904. The van der Waals surface area contributed by atoms with E-state index in [0.29, 0.717) is 25.1 Å². The summed E-state index contributed by atoms with van der Waals surface area (Å²) in [7, 11) is 0. The molecule has 1 unspecified atom stereocenters. The number of nitrogens with zero attached hydrogens (tertiary/aromatic N) is 2. The van der Waals surface area contributed by atoms with E-state index in [2.05, 4.69) is 25.9 Å². The van der Waals surface area contributed by atoms with Gasteiger partial charge in [-0.2, -0.15) is 0 Å². The Morgan fingerprint density at radius 3 is 2.67 bits per heavy atom. The van der Waals surface area contributed by atoms with Crippen LogP contribution in [0.5, 0.6) is 0 Å². The molecule has 1 aliphatic carbocycles. The number of hydrogen-bond acceptors (Lipinski definition) is 3. The lowest BCUT2D eigenvalue weighted by Gasteiger charge is -2.22. The van der Waals surface area contributed by atoms with Gasteiger partial charge >= 0.3 is 5.97 Å². The van der Waals surface area contributed by atoms with E-state index in [9.17, 15) is 4.79 Å². The predicted octanol–water partition coefficient (Wildman–Crippen LogP) is 3.40. The van der Waals surface area contributed by atoms with E-state index >= 15 is 0 Å². The molecule has 0 fully saturated rings. The van der Waals surface area contributed by atoms with Gasteiger partial charge in [0.05, 0.1) is 5.92 Å². The maximum absolute atomic E-state index is 11.2. The summed E-state index contributed by atoms with van der Waals surface area (Å²) in [5.74, 6) is -0.317. The first kappa shape index (κ1) is 14.2. The van der Waals surface area contributed by atoms with Crippen LogP contribution in [0.1, 0.15) is 23.4 Å². The largest absolute Gasteiger partial charge is 0.481 e. The molecule has 2 aromatic rings. The Bertz CT molecular complexity index is 698. The van der Waals surface area contributed by atoms with E-state index in [1.54, 1.807) is 0 Å². The third-order valence-electron chi connectivity index (χ3n) is 3.93. The molecule has 5 heteroatoms. The first-order chi connectivity index (χ1) is 10.0. The van der Waals surface area contributed by atoms with Gasteiger partial charge in [-0.3, -0.25) is 4.79 Å². The Balaban J connectivity index is 1.99. The van der Waals surface area contributed by atoms with Crippen LogP contribution in [0.4, 0.5) is 0 Å². The second kappa shape index (κ2) is 5.56. The van der Waals surface area contributed by atoms with Gasteiger partial charge in [-0.25, -0.2) is 9.97 Å². The third kappa shape index (κ3) is 2.83. The molecule has 0 spiro atoms. The summed E-state index contributed by atoms with van der Waals surface area (Å²) in [4.78, 5) is 20.4. The SMILES string of the molecule is Cc1nc(-c2ccc(Br)cc2)nc2c1CC(C(=O)O)CC2. The Hall–Kier alpha value is -1.75. The van der Waals surface area contributed by atoms with Crippen molar-refractivity contribution in [3.63, 3.8) is 0 Å². The number of aliphatic carboxylic acids is 1. The van der Waals surface area contributed by atoms with Crippen molar-refractivity contribution in [3.8, 4) is 11.4 Å². The fourth-order valence-corrected chi connectivity index (χ4v) is 2.99. The van der Waals surface area contributed by atoms with Gasteiger partial charge in [0, 0.05) is 21.4 Å². The minimum absolute atomic E-state index is 0.307. The number of aromatic nitrogens is 2. The van der Waals surface area contributed by atoms with Crippen LogP contribution in [-0.4, -0.2) is 21.0 Å². The molecule has 21 heavy (non-hydrogen) atoms. The van der Waals surface area contributed by atoms with Gasteiger partial charge in [0.15, 0.2) is 5.82 Å². The molecule has 3 rings (SSSR count). The van der Waals surface area contributed by atoms with Crippen LogP contribution < -0.4 is 0 Å². The van der Waals surface area contributed by atoms with E-state index in [4.69, 9.17) is 5.11 Å². The molecule has 0 saturated heterocycles. The molecular weight excluding hydrogens is 332 g/mol. The van der Waals surface area contributed by atoms with E-state index in [1.165, 1.54) is 0 Å². The first-order valence-electron chi connectivity index (χ1n) is 6.89. The van der Waals surface area contributed by atoms with Crippen molar-refractivity contribution in [1.82, 2.24) is 9.97 Å². The van der Waals surface area contributed by atoms with Crippen LogP contribution in [0.15, 0.2) is 28.7 Å². The first-order valence-corrected chi connectivity index (χ1v) is 7.69. The second-order valence-corrected chi connectivity index (χ2v) is 6.26. The van der Waals surface area contributed by atoms with E-state index in [1.807, 2.05) is 31.2 Å². The number of carboxylic acids is 1. The lowest BCUT2D eigenvalue weighted by molar-refractivity contribution is -0.142. The normalized spacial score (nSPS) is 17.3. The van der Waals surface area contributed by atoms with Gasteiger partial charge in [0.1, 0.15) is 0 Å². The van der Waals surface area contributed by atoms with Gasteiger partial charge in [0.2, 0.25) is 0 Å². The lowest BCUT2D eigenvalue weighted by atomic mass is 9.86. The third-order valence-corrected chi connectivity index (χ3v) is 4.46. The summed E-state index contributed by atoms with van der Waals surface area (Å²) in [6.45, 7) is 1.94. The number of fused-ring (bicyclic) bond motifs is 1. The number of rotatable bonds is 2. The average molecular weight is 347 g/mol. The molecule has 1 heterocycles. The summed E-state index contributed by atoms with van der Waals surface area (Å²) in [5, 5.41) is 9.17. The van der Waals surface area contributed by atoms with E-state index < -0.39 is 5.97 Å². The molecular formula is C16H15BrN2O2. The summed E-state index contributed by atoms with van der Waals surface area (Å²) >= 11 is 3.42. The van der Waals surface area contributed by atoms with Crippen LogP contribution in [-0.2, 0) is 17.6 Å². The van der Waals surface area contributed by atoms with Crippen molar-refractivity contribution in [3.05, 3.63) is 45.7 Å². The average Bonchev–Trinajstić information content (AvgIpc) is 2.47. The summed E-state index contributed by atoms with van der Waals surface area (Å²) in [6.07, 6.45) is 1.90. The van der Waals surface area contributed by atoms with Crippen LogP contribution in [0.25, 0.3) is 11.4 Å². The van der Waals surface area contributed by atoms with Crippen molar-refractivity contribution in [2.24, 2.45) is 5.92 Å². The molecule has 4 nitrogen and oxygen atoms in total. The Kier molecular flexibility index (Phi) is 3.76. The molecule has 1 aromatic carbocycles. The lowest BCUT2D eigenvalue weighted by Crippen LogP contribution is -2.24.